The third-order valence-electron chi connectivity index (χ3n) is 2.84. The molecule has 0 saturated carbocycles. The van der Waals surface area contributed by atoms with Crippen LogP contribution in [0.25, 0.3) is 0 Å². The summed E-state index contributed by atoms with van der Waals surface area (Å²) in [6.07, 6.45) is 3.31. The lowest BCUT2D eigenvalue weighted by atomic mass is 9.84. The van der Waals surface area contributed by atoms with Gasteiger partial charge in [-0.25, -0.2) is 0 Å². The third kappa shape index (κ3) is 2.20. The molecule has 0 radical (unpaired) electrons. The predicted molar refractivity (Wildman–Crippen MR) is 49.2 cm³/mol. The summed E-state index contributed by atoms with van der Waals surface area (Å²) in [7, 11) is 0. The summed E-state index contributed by atoms with van der Waals surface area (Å²) >= 11 is 0. The van der Waals surface area contributed by atoms with Crippen molar-refractivity contribution in [2.45, 2.75) is 32.8 Å². The largest absolute Gasteiger partial charge is 0.372 e. The monoisotopic (exact) mass is 169 g/mol. The summed E-state index contributed by atoms with van der Waals surface area (Å²) in [5.74, 6) is 0. The van der Waals surface area contributed by atoms with Crippen molar-refractivity contribution in [1.82, 2.24) is 4.90 Å². The van der Waals surface area contributed by atoms with Crippen molar-refractivity contribution >= 4 is 0 Å². The number of hydrogen-bond acceptors (Lipinski definition) is 2. The van der Waals surface area contributed by atoms with Crippen LogP contribution < -0.4 is 0 Å². The quantitative estimate of drug-likeness (QED) is 0.582. The first-order valence-corrected chi connectivity index (χ1v) is 5.00. The van der Waals surface area contributed by atoms with Crippen molar-refractivity contribution < 1.29 is 4.74 Å². The Morgan fingerprint density at radius 1 is 1.50 bits per heavy atom. The van der Waals surface area contributed by atoms with E-state index >= 15 is 0 Å². The first kappa shape index (κ1) is 8.52. The minimum Gasteiger partial charge on any atom is -0.372 e. The zero-order valence-corrected chi connectivity index (χ0v) is 8.18. The van der Waals surface area contributed by atoms with Crippen LogP contribution in [0.3, 0.4) is 0 Å². The standard InChI is InChI=1S/C10H19NO/c1-10(2)4-3-5-11(8-10)6-9-7-12-9/h9H,3-8H2,1-2H3. The van der Waals surface area contributed by atoms with Crippen LogP contribution in [0.1, 0.15) is 26.7 Å². The molecule has 1 unspecified atom stereocenters. The predicted octanol–water partition coefficient (Wildman–Crippen LogP) is 1.51. The van der Waals surface area contributed by atoms with Gasteiger partial charge in [0.05, 0.1) is 12.7 Å². The van der Waals surface area contributed by atoms with Crippen LogP contribution in [0, 0.1) is 5.41 Å². The van der Waals surface area contributed by atoms with Crippen LogP contribution >= 0.6 is 0 Å². The number of ether oxygens (including phenoxy) is 1. The van der Waals surface area contributed by atoms with Crippen molar-refractivity contribution in [2.75, 3.05) is 26.2 Å². The summed E-state index contributed by atoms with van der Waals surface area (Å²) in [6.45, 7) is 9.44. The molecular formula is C10H19NO. The first-order valence-electron chi connectivity index (χ1n) is 5.00. The minimum atomic E-state index is 0.535. The zero-order valence-electron chi connectivity index (χ0n) is 8.18. The van der Waals surface area contributed by atoms with E-state index in [9.17, 15) is 0 Å². The Morgan fingerprint density at radius 2 is 2.25 bits per heavy atom. The van der Waals surface area contributed by atoms with Crippen LogP contribution in [-0.4, -0.2) is 37.2 Å². The molecule has 2 heteroatoms. The molecule has 2 fully saturated rings. The SMILES string of the molecule is CC1(C)CCCN(CC2CO2)C1. The second kappa shape index (κ2) is 3.00. The molecule has 2 saturated heterocycles. The molecule has 0 amide bonds. The maximum absolute atomic E-state index is 5.24. The number of epoxide rings is 1. The number of rotatable bonds is 2. The van der Waals surface area contributed by atoms with Crippen LogP contribution in [0.2, 0.25) is 0 Å². The highest BCUT2D eigenvalue weighted by molar-refractivity contribution is 4.83. The Labute approximate surface area is 74.9 Å². The molecule has 2 nitrogen and oxygen atoms in total. The Morgan fingerprint density at radius 3 is 2.83 bits per heavy atom. The fraction of sp³-hybridized carbons (Fsp3) is 1.00. The van der Waals surface area contributed by atoms with Gasteiger partial charge in [-0.05, 0) is 24.8 Å². The molecule has 0 aromatic carbocycles. The lowest BCUT2D eigenvalue weighted by molar-refractivity contribution is 0.110. The first-order chi connectivity index (χ1) is 5.66. The highest BCUT2D eigenvalue weighted by Gasteiger charge is 2.31. The average Bonchev–Trinajstić information content (AvgIpc) is 2.69. The fourth-order valence-electron chi connectivity index (χ4n) is 2.16. The minimum absolute atomic E-state index is 0.535. The molecule has 0 N–H and O–H groups in total. The number of hydrogen-bond donors (Lipinski definition) is 0. The van der Waals surface area contributed by atoms with E-state index in [4.69, 9.17) is 4.74 Å². The van der Waals surface area contributed by atoms with Gasteiger partial charge in [0, 0.05) is 13.1 Å². The van der Waals surface area contributed by atoms with Gasteiger partial charge in [0.15, 0.2) is 0 Å². The topological polar surface area (TPSA) is 15.8 Å². The maximum Gasteiger partial charge on any atom is 0.0936 e. The third-order valence-corrected chi connectivity index (χ3v) is 2.84. The van der Waals surface area contributed by atoms with E-state index in [1.54, 1.807) is 0 Å². The van der Waals surface area contributed by atoms with Crippen molar-refractivity contribution in [1.29, 1.82) is 0 Å². The summed E-state index contributed by atoms with van der Waals surface area (Å²) in [5, 5.41) is 0. The Kier molecular flexibility index (Phi) is 2.13. The molecule has 0 aromatic heterocycles. The smallest absolute Gasteiger partial charge is 0.0936 e. The van der Waals surface area contributed by atoms with Gasteiger partial charge in [-0.1, -0.05) is 13.8 Å². The van der Waals surface area contributed by atoms with Crippen LogP contribution in [0.4, 0.5) is 0 Å². The van der Waals surface area contributed by atoms with Gasteiger partial charge in [-0.2, -0.15) is 0 Å². The van der Waals surface area contributed by atoms with Gasteiger partial charge < -0.3 is 9.64 Å². The number of likely N-dealkylation sites (tertiary alicyclic amines) is 1. The van der Waals surface area contributed by atoms with Gasteiger partial charge in [0.25, 0.3) is 0 Å². The van der Waals surface area contributed by atoms with E-state index < -0.39 is 0 Å². The summed E-state index contributed by atoms with van der Waals surface area (Å²) in [6, 6.07) is 0. The molecule has 0 aliphatic carbocycles. The van der Waals surface area contributed by atoms with Gasteiger partial charge in [-0.15, -0.1) is 0 Å². The van der Waals surface area contributed by atoms with Crippen LogP contribution in [0.15, 0.2) is 0 Å². The summed E-state index contributed by atoms with van der Waals surface area (Å²) in [5.41, 5.74) is 0.535. The number of nitrogens with zero attached hydrogens (tertiary/aromatic N) is 1. The molecule has 2 heterocycles. The van der Waals surface area contributed by atoms with Crippen molar-refractivity contribution in [2.24, 2.45) is 5.41 Å². The van der Waals surface area contributed by atoms with Gasteiger partial charge in [0.1, 0.15) is 0 Å². The van der Waals surface area contributed by atoms with E-state index in [1.807, 2.05) is 0 Å². The Balaban J connectivity index is 1.81. The lowest BCUT2D eigenvalue weighted by Crippen LogP contribution is -2.41. The average molecular weight is 169 g/mol. The van der Waals surface area contributed by atoms with E-state index in [1.165, 1.54) is 32.5 Å². The fourth-order valence-corrected chi connectivity index (χ4v) is 2.16. The Bertz CT molecular complexity index is 163. The van der Waals surface area contributed by atoms with Crippen molar-refractivity contribution in [3.05, 3.63) is 0 Å². The molecule has 0 aromatic rings. The van der Waals surface area contributed by atoms with E-state index in [0.717, 1.165) is 6.61 Å². The summed E-state index contributed by atoms with van der Waals surface area (Å²) in [4.78, 5) is 2.56. The van der Waals surface area contributed by atoms with Crippen LogP contribution in [-0.2, 0) is 4.74 Å². The second-order valence-electron chi connectivity index (χ2n) is 4.96. The molecular weight excluding hydrogens is 150 g/mol. The Hall–Kier alpha value is -0.0800. The van der Waals surface area contributed by atoms with E-state index in [-0.39, 0.29) is 0 Å². The molecule has 2 aliphatic rings. The van der Waals surface area contributed by atoms with Gasteiger partial charge in [0.2, 0.25) is 0 Å². The molecule has 2 aliphatic heterocycles. The maximum atomic E-state index is 5.24. The zero-order chi connectivity index (χ0) is 8.60. The molecule has 1 atom stereocenters. The normalized spacial score (nSPS) is 35.0. The molecule has 12 heavy (non-hydrogen) atoms. The van der Waals surface area contributed by atoms with Crippen molar-refractivity contribution in [3.8, 4) is 0 Å². The van der Waals surface area contributed by atoms with Crippen molar-refractivity contribution in [3.63, 3.8) is 0 Å². The number of piperidine rings is 1. The highest BCUT2D eigenvalue weighted by atomic mass is 16.6. The van der Waals surface area contributed by atoms with Gasteiger partial charge in [-0.3, -0.25) is 0 Å². The summed E-state index contributed by atoms with van der Waals surface area (Å²) < 4.78 is 5.24. The second-order valence-corrected chi connectivity index (χ2v) is 4.96. The van der Waals surface area contributed by atoms with E-state index in [2.05, 4.69) is 18.7 Å². The van der Waals surface area contributed by atoms with Crippen LogP contribution in [0.5, 0.6) is 0 Å². The van der Waals surface area contributed by atoms with E-state index in [0.29, 0.717) is 11.5 Å². The lowest BCUT2D eigenvalue weighted by Gasteiger charge is -2.37. The molecule has 70 valence electrons. The molecule has 2 rings (SSSR count). The molecule has 0 spiro atoms. The highest BCUT2D eigenvalue weighted by Crippen LogP contribution is 2.29. The van der Waals surface area contributed by atoms with Gasteiger partial charge >= 0.3 is 0 Å². The molecule has 0 bridgehead atoms.